The van der Waals surface area contributed by atoms with Gasteiger partial charge >= 0.3 is 0 Å². The van der Waals surface area contributed by atoms with Crippen molar-refractivity contribution in [1.82, 2.24) is 20.4 Å². The zero-order valence-corrected chi connectivity index (χ0v) is 19.4. The van der Waals surface area contributed by atoms with Crippen molar-refractivity contribution in [3.63, 3.8) is 0 Å². The van der Waals surface area contributed by atoms with Gasteiger partial charge < -0.3 is 25.4 Å². The van der Waals surface area contributed by atoms with Crippen molar-refractivity contribution in [1.29, 1.82) is 0 Å². The fourth-order valence-corrected chi connectivity index (χ4v) is 4.34. The van der Waals surface area contributed by atoms with Crippen molar-refractivity contribution in [3.05, 3.63) is 35.9 Å². The lowest BCUT2D eigenvalue weighted by Gasteiger charge is -2.33. The Kier molecular flexibility index (Phi) is 9.58. The molecule has 2 unspecified atom stereocenters. The molecular weight excluding hydrogens is 390 g/mol. The molecule has 7 heteroatoms. The molecule has 1 aromatic carbocycles. The van der Waals surface area contributed by atoms with Gasteiger partial charge in [-0.25, -0.2) is 0 Å². The van der Waals surface area contributed by atoms with Crippen molar-refractivity contribution < 1.29 is 9.84 Å². The Hall–Kier alpha value is -1.67. The number of nitrogens with one attached hydrogen (secondary N) is 2. The number of morpholine rings is 1. The topological polar surface area (TPSA) is 72.4 Å². The normalized spacial score (nSPS) is 22.9. The predicted molar refractivity (Wildman–Crippen MR) is 127 cm³/mol. The summed E-state index contributed by atoms with van der Waals surface area (Å²) in [5.41, 5.74) is 0.566. The van der Waals surface area contributed by atoms with Crippen molar-refractivity contribution >= 4 is 5.96 Å². The molecule has 2 heterocycles. The van der Waals surface area contributed by atoms with Gasteiger partial charge in [-0.15, -0.1) is 0 Å². The minimum Gasteiger partial charge on any atom is -0.387 e. The second-order valence-corrected chi connectivity index (χ2v) is 9.15. The third-order valence-electron chi connectivity index (χ3n) is 6.08. The van der Waals surface area contributed by atoms with E-state index in [-0.39, 0.29) is 0 Å². The number of guanidine groups is 1. The maximum Gasteiger partial charge on any atom is 0.191 e. The number of rotatable bonds is 10. The van der Waals surface area contributed by atoms with Crippen molar-refractivity contribution in [2.45, 2.75) is 32.3 Å². The van der Waals surface area contributed by atoms with Crippen LogP contribution in [-0.2, 0) is 11.2 Å². The number of hydrogen-bond acceptors (Lipinski definition) is 5. The number of hydrogen-bond donors (Lipinski definition) is 3. The van der Waals surface area contributed by atoms with Crippen LogP contribution in [0.3, 0.4) is 0 Å². The first-order valence-corrected chi connectivity index (χ1v) is 11.8. The lowest BCUT2D eigenvalue weighted by Crippen LogP contribution is -2.48. The van der Waals surface area contributed by atoms with E-state index in [1.54, 1.807) is 0 Å². The largest absolute Gasteiger partial charge is 0.387 e. The molecule has 0 bridgehead atoms. The average molecular weight is 432 g/mol. The Morgan fingerprint density at radius 2 is 1.94 bits per heavy atom. The fraction of sp³-hybridized carbons (Fsp3) is 0.708. The molecule has 2 aliphatic heterocycles. The van der Waals surface area contributed by atoms with Gasteiger partial charge in [-0.05, 0) is 44.7 Å². The number of benzene rings is 1. The first kappa shape index (κ1) is 24.0. The highest BCUT2D eigenvalue weighted by atomic mass is 16.5. The molecule has 0 radical (unpaired) electrons. The summed E-state index contributed by atoms with van der Waals surface area (Å²) in [6.45, 7) is 13.3. The van der Waals surface area contributed by atoms with E-state index >= 15 is 0 Å². The third-order valence-corrected chi connectivity index (χ3v) is 6.08. The molecule has 0 saturated carbocycles. The van der Waals surface area contributed by atoms with Crippen LogP contribution in [0, 0.1) is 5.92 Å². The summed E-state index contributed by atoms with van der Waals surface area (Å²) in [5.74, 6) is 1.43. The van der Waals surface area contributed by atoms with E-state index in [0.717, 1.165) is 64.9 Å². The Bertz CT molecular complexity index is 661. The highest BCUT2D eigenvalue weighted by molar-refractivity contribution is 5.79. The molecule has 3 N–H and O–H groups in total. The molecule has 3 rings (SSSR count). The molecular formula is C24H41N5O2. The first-order chi connectivity index (χ1) is 15.0. The molecule has 2 atom stereocenters. The highest BCUT2D eigenvalue weighted by Crippen LogP contribution is 2.16. The maximum absolute atomic E-state index is 10.8. The summed E-state index contributed by atoms with van der Waals surface area (Å²) in [6, 6.07) is 10.7. The molecule has 174 valence electrons. The number of ether oxygens (including phenoxy) is 1. The van der Waals surface area contributed by atoms with E-state index < -0.39 is 5.60 Å². The summed E-state index contributed by atoms with van der Waals surface area (Å²) >= 11 is 0. The molecule has 0 aliphatic carbocycles. The molecule has 2 saturated heterocycles. The van der Waals surface area contributed by atoms with Crippen molar-refractivity contribution in [2.75, 3.05) is 72.1 Å². The lowest BCUT2D eigenvalue weighted by molar-refractivity contribution is -0.0180. The predicted octanol–water partition coefficient (Wildman–Crippen LogP) is 1.19. The van der Waals surface area contributed by atoms with E-state index in [1.807, 2.05) is 6.92 Å². The fourth-order valence-electron chi connectivity index (χ4n) is 4.34. The van der Waals surface area contributed by atoms with Crippen LogP contribution in [0.25, 0.3) is 0 Å². The van der Waals surface area contributed by atoms with E-state index in [4.69, 9.17) is 4.74 Å². The lowest BCUT2D eigenvalue weighted by atomic mass is 10.1. The van der Waals surface area contributed by atoms with Gasteiger partial charge in [0.15, 0.2) is 5.96 Å². The Morgan fingerprint density at radius 1 is 1.16 bits per heavy atom. The van der Waals surface area contributed by atoms with Gasteiger partial charge in [-0.3, -0.25) is 9.89 Å². The van der Waals surface area contributed by atoms with Crippen LogP contribution in [0.2, 0.25) is 0 Å². The van der Waals surface area contributed by atoms with Crippen LogP contribution < -0.4 is 10.6 Å². The summed E-state index contributed by atoms with van der Waals surface area (Å²) in [5, 5.41) is 17.6. The quantitative estimate of drug-likeness (QED) is 0.382. The standard InChI is InChI=1S/C24H41N5O2/c1-3-25-23(27-19-24(2,30)20-29-13-15-31-16-14-29)26-17-22-10-12-28(18-22)11-9-21-7-5-4-6-8-21/h4-8,22,30H,3,9-20H2,1-2H3,(H2,25,26,27). The van der Waals surface area contributed by atoms with E-state index in [1.165, 1.54) is 18.5 Å². The molecule has 0 aromatic heterocycles. The summed E-state index contributed by atoms with van der Waals surface area (Å²) in [4.78, 5) is 9.50. The van der Waals surface area contributed by atoms with Crippen LogP contribution >= 0.6 is 0 Å². The Morgan fingerprint density at radius 3 is 2.68 bits per heavy atom. The number of aliphatic imine (C=N–C) groups is 1. The smallest absolute Gasteiger partial charge is 0.191 e. The molecule has 0 amide bonds. The van der Waals surface area contributed by atoms with Crippen LogP contribution in [0.4, 0.5) is 0 Å². The number of β-amino-alcohol motifs (C(OH)–C–C–N with tert-alkyl or cyclic N) is 1. The average Bonchev–Trinajstić information content (AvgIpc) is 3.23. The first-order valence-electron chi connectivity index (χ1n) is 11.8. The molecule has 1 aromatic rings. The Balaban J connectivity index is 1.40. The Labute approximate surface area is 187 Å². The summed E-state index contributed by atoms with van der Waals surface area (Å²) in [6.07, 6.45) is 2.33. The highest BCUT2D eigenvalue weighted by Gasteiger charge is 2.26. The third kappa shape index (κ3) is 8.77. The second kappa shape index (κ2) is 12.4. The van der Waals surface area contributed by atoms with Crippen LogP contribution in [0.15, 0.2) is 35.3 Å². The van der Waals surface area contributed by atoms with E-state index in [0.29, 0.717) is 19.0 Å². The van der Waals surface area contributed by atoms with Crippen molar-refractivity contribution in [2.24, 2.45) is 10.9 Å². The molecule has 7 nitrogen and oxygen atoms in total. The van der Waals surface area contributed by atoms with Gasteiger partial charge in [-0.2, -0.15) is 0 Å². The number of nitrogens with zero attached hydrogens (tertiary/aromatic N) is 3. The maximum atomic E-state index is 10.8. The monoisotopic (exact) mass is 431 g/mol. The second-order valence-electron chi connectivity index (χ2n) is 9.15. The molecule has 0 spiro atoms. The molecule has 2 fully saturated rings. The molecule has 31 heavy (non-hydrogen) atoms. The summed E-state index contributed by atoms with van der Waals surface area (Å²) in [7, 11) is 0. The number of aliphatic hydroxyl groups is 1. The van der Waals surface area contributed by atoms with Crippen LogP contribution in [0.5, 0.6) is 0 Å². The van der Waals surface area contributed by atoms with Crippen molar-refractivity contribution in [3.8, 4) is 0 Å². The van der Waals surface area contributed by atoms with Crippen LogP contribution in [0.1, 0.15) is 25.8 Å². The molecule has 2 aliphatic rings. The van der Waals surface area contributed by atoms with Crippen LogP contribution in [-0.4, -0.2) is 98.6 Å². The van der Waals surface area contributed by atoms with Gasteiger partial charge in [-0.1, -0.05) is 30.3 Å². The van der Waals surface area contributed by atoms with Gasteiger partial charge in [0.25, 0.3) is 0 Å². The van der Waals surface area contributed by atoms with Gasteiger partial charge in [0.05, 0.1) is 25.4 Å². The van der Waals surface area contributed by atoms with Gasteiger partial charge in [0.2, 0.25) is 0 Å². The zero-order chi connectivity index (χ0) is 21.9. The van der Waals surface area contributed by atoms with Gasteiger partial charge in [0, 0.05) is 45.8 Å². The van der Waals surface area contributed by atoms with Gasteiger partial charge in [0.1, 0.15) is 0 Å². The number of likely N-dealkylation sites (tertiary alicyclic amines) is 1. The van der Waals surface area contributed by atoms with E-state index in [9.17, 15) is 5.11 Å². The summed E-state index contributed by atoms with van der Waals surface area (Å²) < 4.78 is 5.40. The SMILES string of the molecule is CCNC(=NCC(C)(O)CN1CCOCC1)NCC1CCN(CCc2ccccc2)C1. The minimum atomic E-state index is -0.846. The zero-order valence-electron chi connectivity index (χ0n) is 19.4. The minimum absolute atomic E-state index is 0.382. The van der Waals surface area contributed by atoms with E-state index in [2.05, 4.69) is 62.7 Å².